The highest BCUT2D eigenvalue weighted by Crippen LogP contribution is 2.22. The average molecular weight is 353 g/mol. The molecule has 0 aromatic heterocycles. The van der Waals surface area contributed by atoms with Gasteiger partial charge in [-0.3, -0.25) is 4.79 Å². The smallest absolute Gasteiger partial charge is 0.243 e. The third-order valence-electron chi connectivity index (χ3n) is 4.35. The molecule has 134 valence electrons. The second-order valence-corrected chi connectivity index (χ2v) is 8.29. The van der Waals surface area contributed by atoms with E-state index >= 15 is 0 Å². The Morgan fingerprint density at radius 2 is 1.71 bits per heavy atom. The van der Waals surface area contributed by atoms with E-state index in [-0.39, 0.29) is 5.91 Å². The number of benzene rings is 1. The number of anilines is 1. The van der Waals surface area contributed by atoms with E-state index in [4.69, 9.17) is 0 Å². The number of carbonyl (C=O) groups excluding carboxylic acids is 1. The number of hydrogen-bond acceptors (Lipinski definition) is 3. The van der Waals surface area contributed by atoms with E-state index < -0.39 is 10.0 Å². The molecule has 0 bridgehead atoms. The highest BCUT2D eigenvalue weighted by Gasteiger charge is 2.25. The molecule has 1 aliphatic heterocycles. The maximum Gasteiger partial charge on any atom is 0.243 e. The number of nitrogens with zero attached hydrogens (tertiary/aromatic N) is 1. The van der Waals surface area contributed by atoms with Crippen LogP contribution < -0.4 is 5.32 Å². The summed E-state index contributed by atoms with van der Waals surface area (Å²) in [4.78, 5) is 12.2. The van der Waals surface area contributed by atoms with Gasteiger partial charge in [-0.15, -0.1) is 0 Å². The van der Waals surface area contributed by atoms with Gasteiger partial charge in [0.2, 0.25) is 15.9 Å². The van der Waals surface area contributed by atoms with E-state index in [1.807, 2.05) is 0 Å². The summed E-state index contributed by atoms with van der Waals surface area (Å²) in [7, 11) is -3.41. The highest BCUT2D eigenvalue weighted by atomic mass is 32.2. The van der Waals surface area contributed by atoms with Gasteiger partial charge >= 0.3 is 0 Å². The Morgan fingerprint density at radius 1 is 1.04 bits per heavy atom. The minimum absolute atomic E-state index is 0.0160. The fourth-order valence-corrected chi connectivity index (χ4v) is 4.42. The van der Waals surface area contributed by atoms with Crippen molar-refractivity contribution in [3.8, 4) is 0 Å². The van der Waals surface area contributed by atoms with Crippen molar-refractivity contribution in [2.45, 2.75) is 63.2 Å². The largest absolute Gasteiger partial charge is 0.326 e. The molecule has 1 N–H and O–H groups in total. The summed E-state index contributed by atoms with van der Waals surface area (Å²) in [5, 5.41) is 2.83. The van der Waals surface area contributed by atoms with E-state index in [1.54, 1.807) is 28.6 Å². The van der Waals surface area contributed by atoms with Gasteiger partial charge < -0.3 is 5.32 Å². The molecule has 24 heavy (non-hydrogen) atoms. The van der Waals surface area contributed by atoms with Crippen LogP contribution in [0.15, 0.2) is 29.2 Å². The van der Waals surface area contributed by atoms with Crippen LogP contribution in [0, 0.1) is 0 Å². The van der Waals surface area contributed by atoms with Gasteiger partial charge in [-0.1, -0.05) is 32.6 Å². The molecule has 1 saturated heterocycles. The number of amides is 1. The number of sulfonamides is 1. The summed E-state index contributed by atoms with van der Waals surface area (Å²) in [5.74, 6) is -0.0160. The highest BCUT2D eigenvalue weighted by molar-refractivity contribution is 7.89. The Kier molecular flexibility index (Phi) is 7.24. The average Bonchev–Trinajstić information content (AvgIpc) is 2.60. The Balaban J connectivity index is 1.91. The van der Waals surface area contributed by atoms with Crippen LogP contribution in [0.4, 0.5) is 5.69 Å². The van der Waals surface area contributed by atoms with Gasteiger partial charge in [0.15, 0.2) is 0 Å². The van der Waals surface area contributed by atoms with Crippen molar-refractivity contribution >= 4 is 21.6 Å². The number of piperidine rings is 1. The quantitative estimate of drug-likeness (QED) is 0.724. The van der Waals surface area contributed by atoms with Crippen molar-refractivity contribution in [1.29, 1.82) is 0 Å². The second kappa shape index (κ2) is 9.18. The van der Waals surface area contributed by atoms with E-state index in [0.717, 1.165) is 44.9 Å². The van der Waals surface area contributed by atoms with Gasteiger partial charge in [-0.05, 0) is 43.5 Å². The zero-order valence-corrected chi connectivity index (χ0v) is 15.3. The number of rotatable bonds is 8. The first-order valence-corrected chi connectivity index (χ1v) is 10.4. The van der Waals surface area contributed by atoms with Crippen LogP contribution in [0.5, 0.6) is 0 Å². The summed E-state index contributed by atoms with van der Waals surface area (Å²) in [5.41, 5.74) is 0.646. The van der Waals surface area contributed by atoms with Crippen LogP contribution in [-0.2, 0) is 14.8 Å². The first-order valence-electron chi connectivity index (χ1n) is 8.94. The van der Waals surface area contributed by atoms with Crippen molar-refractivity contribution in [3.05, 3.63) is 24.3 Å². The van der Waals surface area contributed by atoms with Crippen LogP contribution in [0.2, 0.25) is 0 Å². The molecule has 2 rings (SSSR count). The molecule has 1 amide bonds. The first kappa shape index (κ1) is 18.9. The van der Waals surface area contributed by atoms with Gasteiger partial charge in [0.05, 0.1) is 4.90 Å². The molecule has 6 heteroatoms. The lowest BCUT2D eigenvalue weighted by Gasteiger charge is -2.25. The Labute approximate surface area is 145 Å². The molecule has 1 aliphatic rings. The van der Waals surface area contributed by atoms with E-state index in [1.165, 1.54) is 0 Å². The summed E-state index contributed by atoms with van der Waals surface area (Å²) in [6, 6.07) is 6.49. The number of unbranched alkanes of at least 4 members (excludes halogenated alkanes) is 3. The van der Waals surface area contributed by atoms with Gasteiger partial charge in [0.25, 0.3) is 0 Å². The predicted molar refractivity (Wildman–Crippen MR) is 96.4 cm³/mol. The molecule has 0 atom stereocenters. The molecule has 1 heterocycles. The molecule has 1 fully saturated rings. The van der Waals surface area contributed by atoms with Crippen molar-refractivity contribution in [2.75, 3.05) is 18.4 Å². The topological polar surface area (TPSA) is 66.5 Å². The van der Waals surface area contributed by atoms with Crippen LogP contribution in [0.25, 0.3) is 0 Å². The molecule has 0 saturated carbocycles. The molecule has 0 aliphatic carbocycles. The first-order chi connectivity index (χ1) is 11.5. The Morgan fingerprint density at radius 3 is 2.33 bits per heavy atom. The Bertz CT molecular complexity index is 620. The lowest BCUT2D eigenvalue weighted by atomic mass is 10.1. The predicted octanol–water partition coefficient (Wildman–Crippen LogP) is 3.77. The normalized spacial score (nSPS) is 16.0. The zero-order valence-electron chi connectivity index (χ0n) is 14.5. The van der Waals surface area contributed by atoms with Crippen LogP contribution in [0.3, 0.4) is 0 Å². The molecule has 0 radical (unpaired) electrons. The maximum absolute atomic E-state index is 12.6. The molecule has 0 spiro atoms. The van der Waals surface area contributed by atoms with Crippen LogP contribution >= 0.6 is 0 Å². The maximum atomic E-state index is 12.6. The monoisotopic (exact) mass is 352 g/mol. The number of carbonyl (C=O) groups is 1. The summed E-state index contributed by atoms with van der Waals surface area (Å²) in [6.45, 7) is 3.33. The lowest BCUT2D eigenvalue weighted by molar-refractivity contribution is -0.116. The SMILES string of the molecule is CCCCCCC(=O)Nc1ccc(S(=O)(=O)N2CCCCC2)cc1. The Hall–Kier alpha value is -1.40. The third kappa shape index (κ3) is 5.31. The molecule has 1 aromatic carbocycles. The summed E-state index contributed by atoms with van der Waals surface area (Å²) < 4.78 is 26.7. The summed E-state index contributed by atoms with van der Waals surface area (Å²) in [6.07, 6.45) is 7.70. The standard InChI is InChI=1S/C18H28N2O3S/c1-2-3-4-6-9-18(21)19-16-10-12-17(13-11-16)24(22,23)20-14-7-5-8-15-20/h10-13H,2-9,14-15H2,1H3,(H,19,21). The van der Waals surface area contributed by atoms with Gasteiger partial charge in [-0.2, -0.15) is 4.31 Å². The van der Waals surface area contributed by atoms with Crippen molar-refractivity contribution in [1.82, 2.24) is 4.31 Å². The fourth-order valence-electron chi connectivity index (χ4n) is 2.90. The molecular formula is C18H28N2O3S. The molecule has 5 nitrogen and oxygen atoms in total. The van der Waals surface area contributed by atoms with E-state index in [2.05, 4.69) is 12.2 Å². The van der Waals surface area contributed by atoms with E-state index in [0.29, 0.717) is 30.1 Å². The minimum atomic E-state index is -3.41. The lowest BCUT2D eigenvalue weighted by Crippen LogP contribution is -2.35. The van der Waals surface area contributed by atoms with Gasteiger partial charge in [0.1, 0.15) is 0 Å². The van der Waals surface area contributed by atoms with Gasteiger partial charge in [0, 0.05) is 25.2 Å². The van der Waals surface area contributed by atoms with Crippen molar-refractivity contribution in [2.24, 2.45) is 0 Å². The minimum Gasteiger partial charge on any atom is -0.326 e. The van der Waals surface area contributed by atoms with E-state index in [9.17, 15) is 13.2 Å². The second-order valence-electron chi connectivity index (χ2n) is 6.35. The zero-order chi connectivity index (χ0) is 17.4. The molecule has 1 aromatic rings. The fraction of sp³-hybridized carbons (Fsp3) is 0.611. The third-order valence-corrected chi connectivity index (χ3v) is 6.26. The van der Waals surface area contributed by atoms with Crippen molar-refractivity contribution in [3.63, 3.8) is 0 Å². The van der Waals surface area contributed by atoms with Crippen molar-refractivity contribution < 1.29 is 13.2 Å². The molecular weight excluding hydrogens is 324 g/mol. The number of nitrogens with one attached hydrogen (secondary N) is 1. The van der Waals surface area contributed by atoms with Crippen LogP contribution in [0.1, 0.15) is 58.3 Å². The summed E-state index contributed by atoms with van der Waals surface area (Å²) >= 11 is 0. The van der Waals surface area contributed by atoms with Gasteiger partial charge in [-0.25, -0.2) is 8.42 Å². The number of hydrogen-bond donors (Lipinski definition) is 1. The molecule has 0 unspecified atom stereocenters. The van der Waals surface area contributed by atoms with Crippen LogP contribution in [-0.4, -0.2) is 31.7 Å².